The van der Waals surface area contributed by atoms with Crippen LogP contribution in [-0.4, -0.2) is 9.38 Å². The molecule has 0 radical (unpaired) electrons. The van der Waals surface area contributed by atoms with Crippen LogP contribution in [0.1, 0.15) is 24.2 Å². The number of nitrogens with zero attached hydrogens (tertiary/aromatic N) is 3. The van der Waals surface area contributed by atoms with Gasteiger partial charge in [0.2, 0.25) is 0 Å². The Bertz CT molecular complexity index is 551. The van der Waals surface area contributed by atoms with Gasteiger partial charge in [0, 0.05) is 10.7 Å². The fourth-order valence-corrected chi connectivity index (χ4v) is 2.07. The van der Waals surface area contributed by atoms with Gasteiger partial charge in [0.1, 0.15) is 5.65 Å². The second kappa shape index (κ2) is 3.67. The van der Waals surface area contributed by atoms with E-state index in [2.05, 4.69) is 27.0 Å². The minimum Gasteiger partial charge on any atom is -0.301 e. The third-order valence-corrected chi connectivity index (χ3v) is 2.88. The van der Waals surface area contributed by atoms with Crippen molar-refractivity contribution in [2.45, 2.75) is 19.8 Å². The maximum absolute atomic E-state index is 8.96. The Morgan fingerprint density at radius 1 is 1.53 bits per heavy atom. The second-order valence-electron chi connectivity index (χ2n) is 3.51. The predicted octanol–water partition coefficient (Wildman–Crippen LogP) is 3.03. The van der Waals surface area contributed by atoms with Crippen LogP contribution in [0.2, 0.25) is 0 Å². The van der Waals surface area contributed by atoms with Crippen molar-refractivity contribution >= 4 is 21.6 Å². The van der Waals surface area contributed by atoms with Crippen LogP contribution >= 0.6 is 15.9 Å². The van der Waals surface area contributed by atoms with Crippen molar-refractivity contribution in [3.63, 3.8) is 0 Å². The highest BCUT2D eigenvalue weighted by molar-refractivity contribution is 9.10. The largest absolute Gasteiger partial charge is 0.301 e. The number of imidazole rings is 1. The highest BCUT2D eigenvalue weighted by Crippen LogP contribution is 2.22. The molecule has 76 valence electrons. The van der Waals surface area contributed by atoms with Gasteiger partial charge < -0.3 is 4.40 Å². The molecule has 1 unspecified atom stereocenters. The first-order chi connectivity index (χ1) is 7.13. The molecule has 0 spiro atoms. The van der Waals surface area contributed by atoms with Crippen molar-refractivity contribution in [3.05, 3.63) is 34.2 Å². The van der Waals surface area contributed by atoms with Gasteiger partial charge in [-0.05, 0) is 41.9 Å². The Kier molecular flexibility index (Phi) is 2.49. The van der Waals surface area contributed by atoms with Crippen LogP contribution in [0.4, 0.5) is 0 Å². The van der Waals surface area contributed by atoms with Crippen molar-refractivity contribution in [2.75, 3.05) is 0 Å². The van der Waals surface area contributed by atoms with Crippen LogP contribution in [0.3, 0.4) is 0 Å². The molecule has 4 heteroatoms. The summed E-state index contributed by atoms with van der Waals surface area (Å²) in [7, 11) is 0. The fraction of sp³-hybridized carbons (Fsp3) is 0.273. The number of rotatable bonds is 1. The summed E-state index contributed by atoms with van der Waals surface area (Å²) in [5.41, 5.74) is 2.77. The van der Waals surface area contributed by atoms with Crippen molar-refractivity contribution in [2.24, 2.45) is 0 Å². The molecular formula is C11H10BrN3. The molecule has 0 aromatic carbocycles. The molecule has 0 N–H and O–H groups in total. The van der Waals surface area contributed by atoms with Crippen LogP contribution in [0, 0.1) is 18.3 Å². The Labute approximate surface area is 96.5 Å². The lowest BCUT2D eigenvalue weighted by molar-refractivity contribution is 0.883. The lowest BCUT2D eigenvalue weighted by Gasteiger charge is -2.04. The number of aryl methyl sites for hydroxylation is 1. The monoisotopic (exact) mass is 263 g/mol. The number of aromatic nitrogens is 2. The Hall–Kier alpha value is -1.34. The molecule has 0 bridgehead atoms. The molecule has 2 rings (SSSR count). The summed E-state index contributed by atoms with van der Waals surface area (Å²) in [6, 6.07) is 6.13. The molecule has 0 amide bonds. The molecule has 2 aromatic heterocycles. The standard InChI is InChI=1S/C11H10BrN3/c1-7(5-13)11-8(2)14-10-4-3-9(12)6-15(10)11/h3-4,6-7H,1-2H3. The van der Waals surface area contributed by atoms with E-state index < -0.39 is 0 Å². The van der Waals surface area contributed by atoms with E-state index in [1.807, 2.05) is 36.6 Å². The van der Waals surface area contributed by atoms with Crippen LogP contribution < -0.4 is 0 Å². The molecule has 3 nitrogen and oxygen atoms in total. The lowest BCUT2D eigenvalue weighted by atomic mass is 10.1. The van der Waals surface area contributed by atoms with Crippen molar-refractivity contribution in [1.29, 1.82) is 5.26 Å². The van der Waals surface area contributed by atoms with Crippen LogP contribution in [-0.2, 0) is 0 Å². The van der Waals surface area contributed by atoms with Crippen LogP contribution in [0.15, 0.2) is 22.8 Å². The van der Waals surface area contributed by atoms with E-state index >= 15 is 0 Å². The van der Waals surface area contributed by atoms with Gasteiger partial charge >= 0.3 is 0 Å². The van der Waals surface area contributed by atoms with E-state index in [1.54, 1.807) is 0 Å². The number of nitriles is 1. The maximum atomic E-state index is 8.96. The summed E-state index contributed by atoms with van der Waals surface area (Å²) in [5, 5.41) is 8.96. The van der Waals surface area contributed by atoms with Crippen LogP contribution in [0.5, 0.6) is 0 Å². The van der Waals surface area contributed by atoms with Gasteiger partial charge in [-0.15, -0.1) is 0 Å². The van der Waals surface area contributed by atoms with Crippen LogP contribution in [0.25, 0.3) is 5.65 Å². The molecule has 0 aliphatic carbocycles. The SMILES string of the molecule is Cc1nc2ccc(Br)cn2c1C(C)C#N. The third-order valence-electron chi connectivity index (χ3n) is 2.41. The number of halogens is 1. The van der Waals surface area contributed by atoms with Gasteiger partial charge in [0.05, 0.1) is 23.4 Å². The molecule has 0 fully saturated rings. The smallest absolute Gasteiger partial charge is 0.137 e. The number of pyridine rings is 1. The zero-order valence-electron chi connectivity index (χ0n) is 8.53. The molecular weight excluding hydrogens is 254 g/mol. The van der Waals surface area contributed by atoms with Gasteiger partial charge in [-0.2, -0.15) is 5.26 Å². The average molecular weight is 264 g/mol. The first-order valence-corrected chi connectivity index (χ1v) is 5.46. The summed E-state index contributed by atoms with van der Waals surface area (Å²) in [5.74, 6) is -0.144. The zero-order chi connectivity index (χ0) is 11.0. The molecule has 0 saturated heterocycles. The van der Waals surface area contributed by atoms with E-state index in [0.717, 1.165) is 21.5 Å². The van der Waals surface area contributed by atoms with E-state index in [9.17, 15) is 0 Å². The van der Waals surface area contributed by atoms with Gasteiger partial charge in [0.15, 0.2) is 0 Å². The number of fused-ring (bicyclic) bond motifs is 1. The average Bonchev–Trinajstić information content (AvgIpc) is 2.52. The van der Waals surface area contributed by atoms with Gasteiger partial charge in [-0.25, -0.2) is 4.98 Å². The Morgan fingerprint density at radius 2 is 2.27 bits per heavy atom. The quantitative estimate of drug-likeness (QED) is 0.794. The second-order valence-corrected chi connectivity index (χ2v) is 4.42. The van der Waals surface area contributed by atoms with E-state index in [0.29, 0.717) is 0 Å². The number of hydrogen-bond donors (Lipinski definition) is 0. The molecule has 15 heavy (non-hydrogen) atoms. The van der Waals surface area contributed by atoms with Gasteiger partial charge in [-0.1, -0.05) is 0 Å². The first-order valence-electron chi connectivity index (χ1n) is 4.67. The molecule has 2 aromatic rings. The van der Waals surface area contributed by atoms with E-state index in [1.165, 1.54) is 0 Å². The zero-order valence-corrected chi connectivity index (χ0v) is 10.1. The number of hydrogen-bond acceptors (Lipinski definition) is 2. The summed E-state index contributed by atoms with van der Waals surface area (Å²) in [6.45, 7) is 3.82. The van der Waals surface area contributed by atoms with E-state index in [4.69, 9.17) is 5.26 Å². The van der Waals surface area contributed by atoms with Crippen molar-refractivity contribution < 1.29 is 0 Å². The summed E-state index contributed by atoms with van der Waals surface area (Å²) in [4.78, 5) is 4.41. The summed E-state index contributed by atoms with van der Waals surface area (Å²) < 4.78 is 2.95. The topological polar surface area (TPSA) is 41.1 Å². The lowest BCUT2D eigenvalue weighted by Crippen LogP contribution is -1.98. The molecule has 2 heterocycles. The highest BCUT2D eigenvalue weighted by Gasteiger charge is 2.14. The fourth-order valence-electron chi connectivity index (χ4n) is 1.74. The molecule has 0 aliphatic rings. The van der Waals surface area contributed by atoms with Crippen molar-refractivity contribution in [1.82, 2.24) is 9.38 Å². The van der Waals surface area contributed by atoms with Gasteiger partial charge in [0.25, 0.3) is 0 Å². The Morgan fingerprint density at radius 3 is 2.93 bits per heavy atom. The van der Waals surface area contributed by atoms with Crippen molar-refractivity contribution in [3.8, 4) is 6.07 Å². The Balaban J connectivity index is 2.77. The minimum atomic E-state index is -0.144. The molecule has 0 aliphatic heterocycles. The van der Waals surface area contributed by atoms with Gasteiger partial charge in [-0.3, -0.25) is 0 Å². The normalized spacial score (nSPS) is 12.7. The highest BCUT2D eigenvalue weighted by atomic mass is 79.9. The first kappa shape index (κ1) is 10.2. The summed E-state index contributed by atoms with van der Waals surface area (Å²) in [6.07, 6.45) is 1.94. The molecule has 0 saturated carbocycles. The predicted molar refractivity (Wildman–Crippen MR) is 61.7 cm³/mol. The minimum absolute atomic E-state index is 0.144. The van der Waals surface area contributed by atoms with E-state index in [-0.39, 0.29) is 5.92 Å². The molecule has 1 atom stereocenters. The third kappa shape index (κ3) is 1.64. The summed E-state index contributed by atoms with van der Waals surface area (Å²) >= 11 is 3.42. The maximum Gasteiger partial charge on any atom is 0.137 e.